The Hall–Kier alpha value is -2.66. The third kappa shape index (κ3) is 3.73. The molecular formula is C21H26N8O2S. The molecule has 0 saturated carbocycles. The topological polar surface area (TPSA) is 122 Å². The first kappa shape index (κ1) is 20.0. The molecule has 0 aliphatic carbocycles. The molecule has 2 N–H and O–H groups in total. The minimum atomic E-state index is -1.03. The highest BCUT2D eigenvalue weighted by Crippen LogP contribution is 2.33. The van der Waals surface area contributed by atoms with Crippen molar-refractivity contribution in [3.8, 4) is 0 Å². The number of aromatic nitrogens is 6. The minimum absolute atomic E-state index is 0.301. The lowest BCUT2D eigenvalue weighted by Crippen LogP contribution is -2.35. The molecule has 6 rings (SSSR count). The zero-order valence-corrected chi connectivity index (χ0v) is 18.6. The van der Waals surface area contributed by atoms with Crippen LogP contribution in [0.25, 0.3) is 11.2 Å². The van der Waals surface area contributed by atoms with E-state index in [9.17, 15) is 4.21 Å². The molecule has 6 heterocycles. The van der Waals surface area contributed by atoms with E-state index in [-0.39, 0.29) is 0 Å². The van der Waals surface area contributed by atoms with Gasteiger partial charge in [0.25, 0.3) is 0 Å². The third-order valence-electron chi connectivity index (χ3n) is 6.58. The van der Waals surface area contributed by atoms with Crippen LogP contribution in [0.2, 0.25) is 0 Å². The second-order valence-corrected chi connectivity index (χ2v) is 10.1. The lowest BCUT2D eigenvalue weighted by Gasteiger charge is -2.32. The number of piperidine rings is 1. The number of ether oxygens (including phenoxy) is 1. The number of aryl methyl sites for hydroxylation is 1. The molecule has 0 bridgehead atoms. The minimum Gasteiger partial charge on any atom is -0.381 e. The molecular weight excluding hydrogens is 428 g/mol. The molecule has 2 fully saturated rings. The predicted octanol–water partition coefficient (Wildman–Crippen LogP) is 1.78. The quantitative estimate of drug-likeness (QED) is 0.607. The zero-order valence-electron chi connectivity index (χ0n) is 17.8. The lowest BCUT2D eigenvalue weighted by molar-refractivity contribution is 0.0903. The number of H-pyrrole nitrogens is 1. The van der Waals surface area contributed by atoms with Crippen LogP contribution in [0.5, 0.6) is 0 Å². The summed E-state index contributed by atoms with van der Waals surface area (Å²) in [6, 6.07) is 0.301. The Morgan fingerprint density at radius 3 is 2.78 bits per heavy atom. The number of hydrogen-bond acceptors (Lipinski definition) is 9. The Labute approximate surface area is 188 Å². The first-order valence-electron chi connectivity index (χ1n) is 11.3. The third-order valence-corrected chi connectivity index (χ3v) is 8.04. The van der Waals surface area contributed by atoms with Gasteiger partial charge in [-0.25, -0.2) is 19.9 Å². The molecule has 10 nitrogen and oxygen atoms in total. The van der Waals surface area contributed by atoms with Gasteiger partial charge in [0.15, 0.2) is 5.65 Å². The van der Waals surface area contributed by atoms with Crippen molar-refractivity contribution in [2.75, 3.05) is 42.3 Å². The summed E-state index contributed by atoms with van der Waals surface area (Å²) in [7, 11) is -1.03. The maximum absolute atomic E-state index is 12.6. The summed E-state index contributed by atoms with van der Waals surface area (Å²) >= 11 is 0. The van der Waals surface area contributed by atoms with Crippen LogP contribution in [0.15, 0.2) is 17.4 Å². The second-order valence-electron chi connectivity index (χ2n) is 8.62. The van der Waals surface area contributed by atoms with Crippen LogP contribution >= 0.6 is 0 Å². The molecule has 2 saturated heterocycles. The zero-order chi connectivity index (χ0) is 21.5. The fraction of sp³-hybridized carbons (Fsp3) is 0.571. The standard InChI is InChI=1S/C21H26N8O2S/c30-32-10-5-15-17(32)20(24-14-3-8-31-9-4-14)28-21(26-15)29-6-1-13(2-7-29)18-25-16-11-22-12-23-19(16)27-18/h11-14H,1-10H2,(H,24,26,28)(H,22,23,25,27). The Morgan fingerprint density at radius 2 is 1.97 bits per heavy atom. The van der Waals surface area contributed by atoms with Crippen LogP contribution in [0.3, 0.4) is 0 Å². The van der Waals surface area contributed by atoms with Gasteiger partial charge in [-0.15, -0.1) is 0 Å². The number of rotatable bonds is 4. The molecule has 0 aromatic carbocycles. The van der Waals surface area contributed by atoms with Crippen LogP contribution in [0.1, 0.15) is 43.1 Å². The van der Waals surface area contributed by atoms with Gasteiger partial charge >= 0.3 is 0 Å². The Bertz CT molecular complexity index is 1120. The van der Waals surface area contributed by atoms with E-state index < -0.39 is 10.8 Å². The number of imidazole rings is 1. The Kier molecular flexibility index (Phi) is 5.22. The Morgan fingerprint density at radius 1 is 1.12 bits per heavy atom. The van der Waals surface area contributed by atoms with Gasteiger partial charge in [-0.3, -0.25) is 4.21 Å². The van der Waals surface area contributed by atoms with E-state index in [1.54, 1.807) is 6.20 Å². The van der Waals surface area contributed by atoms with Crippen molar-refractivity contribution in [3.05, 3.63) is 24.0 Å². The van der Waals surface area contributed by atoms with Crippen molar-refractivity contribution in [3.63, 3.8) is 0 Å². The fourth-order valence-electron chi connectivity index (χ4n) is 4.79. The lowest BCUT2D eigenvalue weighted by atomic mass is 9.96. The van der Waals surface area contributed by atoms with Crippen LogP contribution < -0.4 is 10.2 Å². The van der Waals surface area contributed by atoms with Crippen LogP contribution in [-0.4, -0.2) is 72.2 Å². The molecule has 0 spiro atoms. The van der Waals surface area contributed by atoms with Gasteiger partial charge in [-0.2, -0.15) is 4.98 Å². The molecule has 11 heteroatoms. The van der Waals surface area contributed by atoms with Gasteiger partial charge < -0.3 is 19.9 Å². The highest BCUT2D eigenvalue weighted by molar-refractivity contribution is 7.85. The van der Waals surface area contributed by atoms with Crippen molar-refractivity contribution in [1.82, 2.24) is 29.9 Å². The summed E-state index contributed by atoms with van der Waals surface area (Å²) in [5.74, 6) is 3.46. The number of nitrogens with one attached hydrogen (secondary N) is 2. The normalized spacial score (nSPS) is 22.4. The molecule has 3 aromatic heterocycles. The summed E-state index contributed by atoms with van der Waals surface area (Å²) in [6.45, 7) is 3.21. The largest absolute Gasteiger partial charge is 0.381 e. The molecule has 3 aromatic rings. The van der Waals surface area contributed by atoms with Crippen molar-refractivity contribution in [2.45, 2.75) is 49.0 Å². The SMILES string of the molecule is O=S1CCc2nc(N3CCC(c4nc5ncncc5[nH]4)CC3)nc(NC3CCOCC3)c21. The van der Waals surface area contributed by atoms with E-state index >= 15 is 0 Å². The monoisotopic (exact) mass is 454 g/mol. The molecule has 32 heavy (non-hydrogen) atoms. The summed E-state index contributed by atoms with van der Waals surface area (Å²) in [5, 5.41) is 3.56. The van der Waals surface area contributed by atoms with E-state index in [0.29, 0.717) is 17.7 Å². The van der Waals surface area contributed by atoms with E-state index in [1.807, 2.05) is 0 Å². The molecule has 1 atom stereocenters. The van der Waals surface area contributed by atoms with Crippen molar-refractivity contribution in [2.24, 2.45) is 0 Å². The van der Waals surface area contributed by atoms with E-state index in [0.717, 1.165) is 97.8 Å². The maximum atomic E-state index is 12.6. The Balaban J connectivity index is 1.21. The van der Waals surface area contributed by atoms with Gasteiger partial charge in [0, 0.05) is 50.4 Å². The van der Waals surface area contributed by atoms with Gasteiger partial charge in [0.2, 0.25) is 5.95 Å². The van der Waals surface area contributed by atoms with Crippen molar-refractivity contribution < 1.29 is 8.95 Å². The molecule has 0 amide bonds. The predicted molar refractivity (Wildman–Crippen MR) is 120 cm³/mol. The average molecular weight is 455 g/mol. The highest BCUT2D eigenvalue weighted by Gasteiger charge is 2.30. The summed E-state index contributed by atoms with van der Waals surface area (Å²) in [4.78, 5) is 29.1. The molecule has 3 aliphatic rings. The smallest absolute Gasteiger partial charge is 0.227 e. The summed E-state index contributed by atoms with van der Waals surface area (Å²) in [5.41, 5.74) is 2.53. The number of hydrogen-bond donors (Lipinski definition) is 2. The number of aromatic amines is 1. The van der Waals surface area contributed by atoms with Gasteiger partial charge in [0.1, 0.15) is 28.4 Å². The second kappa shape index (κ2) is 8.36. The van der Waals surface area contributed by atoms with Crippen LogP contribution in [0, 0.1) is 0 Å². The molecule has 0 radical (unpaired) electrons. The first-order chi connectivity index (χ1) is 15.7. The highest BCUT2D eigenvalue weighted by atomic mass is 32.2. The summed E-state index contributed by atoms with van der Waals surface area (Å²) < 4.78 is 18.1. The fourth-order valence-corrected chi connectivity index (χ4v) is 6.10. The number of anilines is 2. The van der Waals surface area contributed by atoms with Gasteiger partial charge in [0.05, 0.1) is 22.7 Å². The van der Waals surface area contributed by atoms with Crippen LogP contribution in [-0.2, 0) is 22.0 Å². The molecule has 168 valence electrons. The van der Waals surface area contributed by atoms with E-state index in [1.165, 1.54) is 6.33 Å². The van der Waals surface area contributed by atoms with Gasteiger partial charge in [-0.05, 0) is 25.7 Å². The number of nitrogens with zero attached hydrogens (tertiary/aromatic N) is 6. The van der Waals surface area contributed by atoms with Crippen molar-refractivity contribution >= 4 is 33.7 Å². The molecule has 3 aliphatic heterocycles. The molecule has 1 unspecified atom stereocenters. The van der Waals surface area contributed by atoms with Crippen LogP contribution in [0.4, 0.5) is 11.8 Å². The van der Waals surface area contributed by atoms with Crippen molar-refractivity contribution in [1.29, 1.82) is 0 Å². The maximum Gasteiger partial charge on any atom is 0.227 e. The summed E-state index contributed by atoms with van der Waals surface area (Å²) in [6.07, 6.45) is 7.84. The van der Waals surface area contributed by atoms with E-state index in [2.05, 4.69) is 30.2 Å². The van der Waals surface area contributed by atoms with Gasteiger partial charge in [-0.1, -0.05) is 0 Å². The number of fused-ring (bicyclic) bond motifs is 2. The average Bonchev–Trinajstić information content (AvgIpc) is 3.44. The first-order valence-corrected chi connectivity index (χ1v) is 12.6. The van der Waals surface area contributed by atoms with E-state index in [4.69, 9.17) is 14.7 Å².